The van der Waals surface area contributed by atoms with Crippen LogP contribution in [0.5, 0.6) is 0 Å². The Bertz CT molecular complexity index is 1190. The average molecular weight is 425 g/mol. The highest BCUT2D eigenvalue weighted by Crippen LogP contribution is 2.38. The van der Waals surface area contributed by atoms with Gasteiger partial charge >= 0.3 is 0 Å². The quantitative estimate of drug-likeness (QED) is 0.362. The van der Waals surface area contributed by atoms with Crippen LogP contribution in [-0.4, -0.2) is 21.8 Å². The van der Waals surface area contributed by atoms with Gasteiger partial charge in [-0.1, -0.05) is 48.5 Å². The van der Waals surface area contributed by atoms with Gasteiger partial charge in [0.1, 0.15) is 0 Å². The Morgan fingerprint density at radius 2 is 1.66 bits per heavy atom. The summed E-state index contributed by atoms with van der Waals surface area (Å²) < 4.78 is 0. The minimum atomic E-state index is -0.0905. The molecule has 1 atom stereocenters. The average Bonchev–Trinajstić information content (AvgIpc) is 3.20. The van der Waals surface area contributed by atoms with Crippen LogP contribution in [0.2, 0.25) is 0 Å². The van der Waals surface area contributed by atoms with Crippen molar-refractivity contribution in [2.24, 2.45) is 0 Å². The normalized spacial score (nSPS) is 15.4. The summed E-state index contributed by atoms with van der Waals surface area (Å²) in [4.78, 5) is 26.5. The molecule has 0 saturated carbocycles. The molecule has 1 aliphatic carbocycles. The fraction of sp³-hybridized carbons (Fsp3) is 0.154. The van der Waals surface area contributed by atoms with Crippen molar-refractivity contribution in [3.63, 3.8) is 0 Å². The van der Waals surface area contributed by atoms with E-state index in [-0.39, 0.29) is 11.8 Å². The molecule has 0 saturated heterocycles. The number of Topliss-reactive ketones (excluding diaryl/α,β-unsaturated/α-hetero) is 1. The zero-order chi connectivity index (χ0) is 21.8. The second-order valence-electron chi connectivity index (χ2n) is 7.88. The summed E-state index contributed by atoms with van der Waals surface area (Å²) in [5, 5.41) is 3.46. The highest BCUT2D eigenvalue weighted by Gasteiger charge is 2.32. The van der Waals surface area contributed by atoms with Gasteiger partial charge in [-0.05, 0) is 29.8 Å². The number of carbonyl (C=O) groups excluding carboxylic acids is 1. The largest absolute Gasteiger partial charge is 0.356 e. The first kappa shape index (κ1) is 20.2. The summed E-state index contributed by atoms with van der Waals surface area (Å²) in [5.74, 6) is 0.0852. The number of para-hydroxylation sites is 1. The number of rotatable bonds is 7. The molecule has 5 rings (SSSR count). The van der Waals surface area contributed by atoms with E-state index in [1.54, 1.807) is 12.4 Å². The highest BCUT2D eigenvalue weighted by molar-refractivity contribution is 6.07. The van der Waals surface area contributed by atoms with E-state index in [1.165, 1.54) is 0 Å². The lowest BCUT2D eigenvalue weighted by molar-refractivity contribution is 0.00133. The van der Waals surface area contributed by atoms with Gasteiger partial charge in [-0.15, -0.1) is 0 Å². The van der Waals surface area contributed by atoms with Crippen LogP contribution in [0, 0.1) is 0 Å². The number of nitrogens with zero attached hydrogens (tertiary/aromatic N) is 1. The van der Waals surface area contributed by atoms with Crippen LogP contribution in [-0.2, 0) is 17.9 Å². The summed E-state index contributed by atoms with van der Waals surface area (Å²) in [6.45, 7) is 0.451. The molecule has 0 amide bonds. The molecule has 6 heteroatoms. The van der Waals surface area contributed by atoms with Crippen molar-refractivity contribution in [2.75, 3.05) is 5.32 Å². The highest BCUT2D eigenvalue weighted by atomic mass is 16.6. The van der Waals surface area contributed by atoms with E-state index >= 15 is 0 Å². The zero-order valence-electron chi connectivity index (χ0n) is 17.5. The molecular formula is C26H24N4O2. The third-order valence-corrected chi connectivity index (χ3v) is 5.58. The van der Waals surface area contributed by atoms with Gasteiger partial charge in [0, 0.05) is 48.2 Å². The fourth-order valence-corrected chi connectivity index (χ4v) is 4.08. The Hall–Kier alpha value is -3.74. The molecule has 32 heavy (non-hydrogen) atoms. The van der Waals surface area contributed by atoms with E-state index in [9.17, 15) is 4.79 Å². The third kappa shape index (κ3) is 4.32. The van der Waals surface area contributed by atoms with Crippen LogP contribution in [0.4, 0.5) is 11.4 Å². The first-order valence-electron chi connectivity index (χ1n) is 10.7. The fourth-order valence-electron chi connectivity index (χ4n) is 4.08. The van der Waals surface area contributed by atoms with Crippen LogP contribution in [0.1, 0.15) is 28.0 Å². The minimum Gasteiger partial charge on any atom is -0.356 e. The number of hydroxylamine groups is 1. The molecule has 0 fully saturated rings. The molecule has 3 N–H and O–H groups in total. The van der Waals surface area contributed by atoms with E-state index in [0.29, 0.717) is 19.4 Å². The summed E-state index contributed by atoms with van der Waals surface area (Å²) in [7, 11) is 0. The summed E-state index contributed by atoms with van der Waals surface area (Å²) in [6, 6.07) is 23.7. The van der Waals surface area contributed by atoms with Gasteiger partial charge in [-0.25, -0.2) is 0 Å². The molecule has 0 bridgehead atoms. The number of pyridine rings is 1. The number of fused-ring (bicyclic) bond motifs is 1. The first-order valence-corrected chi connectivity index (χ1v) is 10.7. The lowest BCUT2D eigenvalue weighted by Crippen LogP contribution is -2.37. The second-order valence-corrected chi connectivity index (χ2v) is 7.88. The number of anilines is 2. The van der Waals surface area contributed by atoms with Crippen molar-refractivity contribution in [1.82, 2.24) is 15.4 Å². The van der Waals surface area contributed by atoms with Crippen molar-refractivity contribution < 1.29 is 9.63 Å². The summed E-state index contributed by atoms with van der Waals surface area (Å²) in [6.07, 6.45) is 4.55. The van der Waals surface area contributed by atoms with Crippen molar-refractivity contribution in [3.05, 3.63) is 102 Å². The maximum atomic E-state index is 13.2. The lowest BCUT2D eigenvalue weighted by Gasteiger charge is -2.23. The maximum Gasteiger partial charge on any atom is 0.168 e. The Morgan fingerprint density at radius 1 is 0.938 bits per heavy atom. The van der Waals surface area contributed by atoms with Crippen LogP contribution in [0.25, 0.3) is 11.3 Å². The van der Waals surface area contributed by atoms with Gasteiger partial charge in [-0.3, -0.25) is 14.6 Å². The Balaban J connectivity index is 1.40. The smallest absolute Gasteiger partial charge is 0.168 e. The number of hydrogen-bond donors (Lipinski definition) is 3. The second kappa shape index (κ2) is 9.18. The first-order chi connectivity index (χ1) is 15.8. The predicted molar refractivity (Wildman–Crippen MR) is 125 cm³/mol. The molecule has 6 nitrogen and oxygen atoms in total. The number of aromatic amines is 1. The summed E-state index contributed by atoms with van der Waals surface area (Å²) >= 11 is 0. The van der Waals surface area contributed by atoms with Crippen molar-refractivity contribution in [1.29, 1.82) is 0 Å². The van der Waals surface area contributed by atoms with Crippen molar-refractivity contribution >= 4 is 17.2 Å². The number of nitrogens with one attached hydrogen (secondary N) is 3. The van der Waals surface area contributed by atoms with Crippen LogP contribution in [0.15, 0.2) is 85.2 Å². The van der Waals surface area contributed by atoms with Crippen molar-refractivity contribution in [2.45, 2.75) is 25.5 Å². The van der Waals surface area contributed by atoms with Crippen LogP contribution < -0.4 is 10.8 Å². The predicted octanol–water partition coefficient (Wildman–Crippen LogP) is 5.04. The van der Waals surface area contributed by atoms with Gasteiger partial charge in [0.05, 0.1) is 23.6 Å². The number of hydrogen-bond acceptors (Lipinski definition) is 5. The van der Waals surface area contributed by atoms with E-state index < -0.39 is 0 Å². The SMILES string of the molecule is O=C1CC(NOCc2ccccc2)Cc2[nH]c(-c3ccncc3)c(Nc3ccccc3)c21. The van der Waals surface area contributed by atoms with E-state index in [1.807, 2.05) is 72.8 Å². The monoisotopic (exact) mass is 424 g/mol. The summed E-state index contributed by atoms with van der Waals surface area (Å²) in [5.41, 5.74) is 9.41. The number of benzene rings is 2. The topological polar surface area (TPSA) is 79.0 Å². The molecule has 0 aliphatic heterocycles. The van der Waals surface area contributed by atoms with Gasteiger partial charge in [0.2, 0.25) is 0 Å². The Kier molecular flexibility index (Phi) is 5.79. The van der Waals surface area contributed by atoms with Gasteiger partial charge in [-0.2, -0.15) is 5.48 Å². The lowest BCUT2D eigenvalue weighted by atomic mass is 9.91. The zero-order valence-corrected chi connectivity index (χ0v) is 17.5. The van der Waals surface area contributed by atoms with Crippen LogP contribution >= 0.6 is 0 Å². The van der Waals surface area contributed by atoms with Gasteiger partial charge < -0.3 is 10.3 Å². The Labute approximate surface area is 186 Å². The minimum absolute atomic E-state index is 0.0852. The molecule has 1 unspecified atom stereocenters. The number of ketones is 1. The van der Waals surface area contributed by atoms with Crippen molar-refractivity contribution in [3.8, 4) is 11.3 Å². The number of H-pyrrole nitrogens is 1. The molecule has 0 spiro atoms. The Morgan fingerprint density at radius 3 is 2.41 bits per heavy atom. The molecule has 2 heterocycles. The standard InChI is InChI=1S/C26H24N4O2/c31-23-16-21(30-32-17-18-7-3-1-4-8-18)15-22-24(23)26(28-20-9-5-2-6-10-20)25(29-22)19-11-13-27-14-12-19/h1-14,21,28-30H,15-17H2. The molecule has 4 aromatic rings. The molecule has 2 aromatic carbocycles. The van der Waals surface area contributed by atoms with E-state index in [4.69, 9.17) is 4.84 Å². The molecule has 0 radical (unpaired) electrons. The molecule has 2 aromatic heterocycles. The molecule has 1 aliphatic rings. The number of carbonyl (C=O) groups is 1. The molecular weight excluding hydrogens is 400 g/mol. The maximum absolute atomic E-state index is 13.2. The van der Waals surface area contributed by atoms with Gasteiger partial charge in [0.25, 0.3) is 0 Å². The van der Waals surface area contributed by atoms with Crippen LogP contribution in [0.3, 0.4) is 0 Å². The molecule has 160 valence electrons. The third-order valence-electron chi connectivity index (χ3n) is 5.58. The number of aromatic nitrogens is 2. The van der Waals surface area contributed by atoms with E-state index in [2.05, 4.69) is 20.8 Å². The van der Waals surface area contributed by atoms with E-state index in [0.717, 1.165) is 39.5 Å². The van der Waals surface area contributed by atoms with Gasteiger partial charge in [0.15, 0.2) is 5.78 Å².